The van der Waals surface area contributed by atoms with E-state index in [4.69, 9.17) is 33.0 Å². The fourth-order valence-corrected chi connectivity index (χ4v) is 4.61. The second-order valence-electron chi connectivity index (χ2n) is 8.29. The molecule has 0 saturated heterocycles. The summed E-state index contributed by atoms with van der Waals surface area (Å²) < 4.78 is 5.34. The number of anilines is 1. The van der Waals surface area contributed by atoms with Gasteiger partial charge in [0.15, 0.2) is 6.61 Å². The summed E-state index contributed by atoms with van der Waals surface area (Å²) in [6.07, 6.45) is 0.575. The molecule has 0 radical (unpaired) electrons. The zero-order chi connectivity index (χ0) is 24.2. The Labute approximate surface area is 208 Å². The van der Waals surface area contributed by atoms with Crippen molar-refractivity contribution in [1.82, 2.24) is 4.90 Å². The summed E-state index contributed by atoms with van der Waals surface area (Å²) in [5, 5.41) is 12.7. The number of amides is 1. The van der Waals surface area contributed by atoms with E-state index in [0.717, 1.165) is 16.7 Å². The van der Waals surface area contributed by atoms with Gasteiger partial charge in [-0.15, -0.1) is 0 Å². The molecule has 4 rings (SSSR count). The molecule has 1 aliphatic rings. The average Bonchev–Trinajstić information content (AvgIpc) is 2.79. The quantitative estimate of drug-likeness (QED) is 0.460. The highest BCUT2D eigenvalue weighted by Gasteiger charge is 2.32. The third kappa shape index (κ3) is 5.70. The van der Waals surface area contributed by atoms with Crippen LogP contribution in [0.25, 0.3) is 0 Å². The van der Waals surface area contributed by atoms with Gasteiger partial charge in [0, 0.05) is 18.1 Å². The second kappa shape index (κ2) is 10.5. The number of carboxylic acid groups (broad SMARTS) is 1. The van der Waals surface area contributed by atoms with Gasteiger partial charge in [0.25, 0.3) is 0 Å². The summed E-state index contributed by atoms with van der Waals surface area (Å²) in [5.74, 6) is -0.635. The number of hydrogen-bond acceptors (Lipinski definition) is 4. The van der Waals surface area contributed by atoms with E-state index < -0.39 is 18.6 Å². The Hall–Kier alpha value is -3.06. The molecule has 0 fully saturated rings. The van der Waals surface area contributed by atoms with Crippen LogP contribution in [0.15, 0.2) is 60.7 Å². The van der Waals surface area contributed by atoms with Crippen LogP contribution in [0.2, 0.25) is 10.0 Å². The maximum Gasteiger partial charge on any atom is 0.341 e. The monoisotopic (exact) mass is 498 g/mol. The summed E-state index contributed by atoms with van der Waals surface area (Å²) in [6, 6.07) is 18.3. The molecule has 34 heavy (non-hydrogen) atoms. The van der Waals surface area contributed by atoms with Gasteiger partial charge in [-0.1, -0.05) is 59.6 Å². The van der Waals surface area contributed by atoms with E-state index in [1.807, 2.05) is 31.2 Å². The number of ether oxygens (including phenoxy) is 1. The minimum absolute atomic E-state index is 0.142. The number of benzene rings is 3. The SMILES string of the molecule is Cc1cc(CN2Cc3ccccc3C[C@@H]2C(=O)Nc2ccc(Cl)cc2Cl)ccc1OCC(=O)O. The van der Waals surface area contributed by atoms with Gasteiger partial charge in [0.2, 0.25) is 5.91 Å². The van der Waals surface area contributed by atoms with Gasteiger partial charge < -0.3 is 15.2 Å². The molecule has 0 aromatic heterocycles. The number of nitrogens with zero attached hydrogens (tertiary/aromatic N) is 1. The number of nitrogens with one attached hydrogen (secondary N) is 1. The number of halogens is 2. The van der Waals surface area contributed by atoms with E-state index in [1.165, 1.54) is 5.56 Å². The fourth-order valence-electron chi connectivity index (χ4n) is 4.15. The summed E-state index contributed by atoms with van der Waals surface area (Å²) in [5.41, 5.74) is 4.70. The first kappa shape index (κ1) is 24.1. The summed E-state index contributed by atoms with van der Waals surface area (Å²) in [4.78, 5) is 26.3. The molecule has 0 spiro atoms. The van der Waals surface area contributed by atoms with Crippen molar-refractivity contribution >= 4 is 40.8 Å². The molecule has 6 nitrogen and oxygen atoms in total. The van der Waals surface area contributed by atoms with E-state index >= 15 is 0 Å². The Morgan fingerprint density at radius 3 is 2.56 bits per heavy atom. The molecule has 0 bridgehead atoms. The zero-order valence-electron chi connectivity index (χ0n) is 18.6. The highest BCUT2D eigenvalue weighted by atomic mass is 35.5. The number of aryl methyl sites for hydroxylation is 1. The van der Waals surface area contributed by atoms with Crippen LogP contribution in [0.3, 0.4) is 0 Å². The van der Waals surface area contributed by atoms with Crippen molar-refractivity contribution in [1.29, 1.82) is 0 Å². The molecular weight excluding hydrogens is 475 g/mol. The van der Waals surface area contributed by atoms with Gasteiger partial charge in [0.1, 0.15) is 5.75 Å². The minimum atomic E-state index is -1.02. The van der Waals surface area contributed by atoms with Crippen LogP contribution in [0, 0.1) is 6.92 Å². The van der Waals surface area contributed by atoms with E-state index in [1.54, 1.807) is 24.3 Å². The maximum atomic E-state index is 13.4. The number of carbonyl (C=O) groups excluding carboxylic acids is 1. The smallest absolute Gasteiger partial charge is 0.341 e. The van der Waals surface area contributed by atoms with Gasteiger partial charge in [-0.05, 0) is 59.9 Å². The van der Waals surface area contributed by atoms with Crippen molar-refractivity contribution in [2.24, 2.45) is 0 Å². The standard InChI is InChI=1S/C26H24Cl2N2O4/c1-16-10-17(6-9-24(16)34-15-25(31)32)13-30-14-19-5-3-2-4-18(19)11-23(30)26(33)29-22-8-7-20(27)12-21(22)28/h2-10,12,23H,11,13-15H2,1H3,(H,29,33)(H,31,32)/t23-/m1/s1. The van der Waals surface area contributed by atoms with Crippen molar-refractivity contribution in [3.05, 3.63) is 93.0 Å². The summed E-state index contributed by atoms with van der Waals surface area (Å²) >= 11 is 12.3. The zero-order valence-corrected chi connectivity index (χ0v) is 20.1. The molecule has 0 unspecified atom stereocenters. The molecule has 1 amide bonds. The first-order valence-electron chi connectivity index (χ1n) is 10.8. The van der Waals surface area contributed by atoms with Crippen molar-refractivity contribution < 1.29 is 19.4 Å². The van der Waals surface area contributed by atoms with Crippen molar-refractivity contribution in [2.75, 3.05) is 11.9 Å². The Balaban J connectivity index is 1.56. The third-order valence-corrected chi connectivity index (χ3v) is 6.36. The molecule has 0 aliphatic carbocycles. The lowest BCUT2D eigenvalue weighted by atomic mass is 9.92. The third-order valence-electron chi connectivity index (χ3n) is 5.81. The maximum absolute atomic E-state index is 13.4. The van der Waals surface area contributed by atoms with Crippen molar-refractivity contribution in [2.45, 2.75) is 32.5 Å². The second-order valence-corrected chi connectivity index (χ2v) is 9.13. The highest BCUT2D eigenvalue weighted by molar-refractivity contribution is 6.36. The van der Waals surface area contributed by atoms with Crippen LogP contribution < -0.4 is 10.1 Å². The summed E-state index contributed by atoms with van der Waals surface area (Å²) in [7, 11) is 0. The molecule has 176 valence electrons. The number of fused-ring (bicyclic) bond motifs is 1. The fraction of sp³-hybridized carbons (Fsp3) is 0.231. The van der Waals surface area contributed by atoms with Gasteiger partial charge in [-0.2, -0.15) is 0 Å². The van der Waals surface area contributed by atoms with E-state index in [0.29, 0.717) is 41.0 Å². The Kier molecular flexibility index (Phi) is 7.41. The first-order valence-corrected chi connectivity index (χ1v) is 11.6. The van der Waals surface area contributed by atoms with Crippen LogP contribution in [-0.2, 0) is 29.1 Å². The van der Waals surface area contributed by atoms with Crippen LogP contribution in [0.4, 0.5) is 5.69 Å². The predicted molar refractivity (Wildman–Crippen MR) is 133 cm³/mol. The van der Waals surface area contributed by atoms with Crippen LogP contribution in [0.1, 0.15) is 22.3 Å². The number of aliphatic carboxylic acids is 1. The highest BCUT2D eigenvalue weighted by Crippen LogP contribution is 2.29. The predicted octanol–water partition coefficient (Wildman–Crippen LogP) is 5.33. The van der Waals surface area contributed by atoms with Gasteiger partial charge in [-0.25, -0.2) is 4.79 Å². The molecular formula is C26H24Cl2N2O4. The molecule has 3 aromatic rings. The number of rotatable bonds is 7. The lowest BCUT2D eigenvalue weighted by Gasteiger charge is -2.36. The number of carboxylic acids is 1. The van der Waals surface area contributed by atoms with Crippen molar-refractivity contribution in [3.63, 3.8) is 0 Å². The molecule has 8 heteroatoms. The summed E-state index contributed by atoms with van der Waals surface area (Å²) in [6.45, 7) is 2.65. The molecule has 1 atom stereocenters. The van der Waals surface area contributed by atoms with Crippen molar-refractivity contribution in [3.8, 4) is 5.75 Å². The molecule has 2 N–H and O–H groups in total. The molecule has 3 aromatic carbocycles. The lowest BCUT2D eigenvalue weighted by Crippen LogP contribution is -2.47. The molecule has 0 saturated carbocycles. The average molecular weight is 499 g/mol. The van der Waals surface area contributed by atoms with Crippen LogP contribution >= 0.6 is 23.2 Å². The van der Waals surface area contributed by atoms with Crippen LogP contribution in [0.5, 0.6) is 5.75 Å². The van der Waals surface area contributed by atoms with E-state index in [9.17, 15) is 9.59 Å². The van der Waals surface area contributed by atoms with E-state index in [2.05, 4.69) is 22.3 Å². The molecule has 1 aliphatic heterocycles. The topological polar surface area (TPSA) is 78.9 Å². The van der Waals surface area contributed by atoms with Gasteiger partial charge in [0.05, 0.1) is 16.8 Å². The largest absolute Gasteiger partial charge is 0.482 e. The van der Waals surface area contributed by atoms with Crippen LogP contribution in [-0.4, -0.2) is 34.5 Å². The lowest BCUT2D eigenvalue weighted by molar-refractivity contribution is -0.139. The van der Waals surface area contributed by atoms with Gasteiger partial charge in [-0.3, -0.25) is 9.69 Å². The number of carbonyl (C=O) groups is 2. The number of hydrogen-bond donors (Lipinski definition) is 2. The first-order chi connectivity index (χ1) is 16.3. The minimum Gasteiger partial charge on any atom is -0.482 e. The van der Waals surface area contributed by atoms with E-state index in [-0.39, 0.29) is 5.91 Å². The molecule has 1 heterocycles. The Bertz CT molecular complexity index is 1230. The van der Waals surface area contributed by atoms with Gasteiger partial charge >= 0.3 is 5.97 Å². The Morgan fingerprint density at radius 2 is 1.85 bits per heavy atom. The Morgan fingerprint density at radius 1 is 1.09 bits per heavy atom. The normalized spacial score (nSPS) is 15.4.